The molecule has 22 heavy (non-hydrogen) atoms. The van der Waals surface area contributed by atoms with E-state index in [1.165, 1.54) is 23.9 Å². The number of carbonyl (C=O) groups excluding carboxylic acids is 1. The lowest BCUT2D eigenvalue weighted by Crippen LogP contribution is -2.41. The van der Waals surface area contributed by atoms with E-state index in [9.17, 15) is 13.2 Å². The van der Waals surface area contributed by atoms with Crippen LogP contribution in [-0.4, -0.2) is 58.3 Å². The molecule has 122 valence electrons. The average molecular weight is 344 g/mol. The summed E-state index contributed by atoms with van der Waals surface area (Å²) in [4.78, 5) is 15.2. The minimum atomic E-state index is -3.58. The number of morpholine rings is 1. The predicted octanol–water partition coefficient (Wildman–Crippen LogP) is 1.18. The number of nitrogens with one attached hydrogen (secondary N) is 1. The molecule has 1 aliphatic heterocycles. The molecule has 1 N–H and O–H groups in total. The van der Waals surface area contributed by atoms with Crippen molar-refractivity contribution in [1.82, 2.24) is 9.62 Å². The molecule has 0 aromatic heterocycles. The fourth-order valence-corrected chi connectivity index (χ4v) is 3.87. The van der Waals surface area contributed by atoms with E-state index in [0.717, 1.165) is 4.90 Å². The summed E-state index contributed by atoms with van der Waals surface area (Å²) in [6, 6.07) is 4.67. The van der Waals surface area contributed by atoms with E-state index in [-0.39, 0.29) is 10.8 Å². The maximum Gasteiger partial charge on any atom is 0.255 e. The molecule has 1 amide bonds. The maximum absolute atomic E-state index is 12.7. The SMILES string of the molecule is CCNS(=O)(=O)c1ccc(SC)c(C(=O)N2CCOCC2)c1. The highest BCUT2D eigenvalue weighted by atomic mass is 32.2. The summed E-state index contributed by atoms with van der Waals surface area (Å²) in [7, 11) is -3.58. The number of nitrogens with zero attached hydrogens (tertiary/aromatic N) is 1. The molecule has 6 nitrogen and oxygen atoms in total. The van der Waals surface area contributed by atoms with E-state index in [0.29, 0.717) is 38.4 Å². The molecule has 0 atom stereocenters. The molecule has 0 saturated carbocycles. The van der Waals surface area contributed by atoms with Gasteiger partial charge < -0.3 is 9.64 Å². The number of sulfonamides is 1. The van der Waals surface area contributed by atoms with E-state index in [1.807, 2.05) is 6.26 Å². The quantitative estimate of drug-likeness (QED) is 0.812. The molecule has 1 heterocycles. The molecule has 0 radical (unpaired) electrons. The minimum absolute atomic E-state index is 0.115. The number of ether oxygens (including phenoxy) is 1. The van der Waals surface area contributed by atoms with Gasteiger partial charge in [0, 0.05) is 24.5 Å². The monoisotopic (exact) mass is 344 g/mol. The number of carbonyl (C=O) groups is 1. The molecule has 0 bridgehead atoms. The first kappa shape index (κ1) is 17.3. The van der Waals surface area contributed by atoms with Gasteiger partial charge in [0.1, 0.15) is 0 Å². The Labute approximate surface area is 135 Å². The van der Waals surface area contributed by atoms with Crippen LogP contribution in [0.2, 0.25) is 0 Å². The summed E-state index contributed by atoms with van der Waals surface area (Å²) in [6.45, 7) is 4.09. The molecule has 8 heteroatoms. The van der Waals surface area contributed by atoms with Crippen LogP contribution in [0, 0.1) is 0 Å². The van der Waals surface area contributed by atoms with E-state index in [1.54, 1.807) is 17.9 Å². The van der Waals surface area contributed by atoms with Crippen molar-refractivity contribution in [3.63, 3.8) is 0 Å². The topological polar surface area (TPSA) is 75.7 Å². The summed E-state index contributed by atoms with van der Waals surface area (Å²) < 4.78 is 31.9. The van der Waals surface area contributed by atoms with Crippen molar-refractivity contribution in [3.05, 3.63) is 23.8 Å². The molecular weight excluding hydrogens is 324 g/mol. The Bertz CT molecular complexity index is 640. The normalized spacial score (nSPS) is 15.8. The van der Waals surface area contributed by atoms with Gasteiger partial charge in [0.25, 0.3) is 5.91 Å². The first-order valence-electron chi connectivity index (χ1n) is 7.04. The van der Waals surface area contributed by atoms with E-state index < -0.39 is 10.0 Å². The number of amides is 1. The lowest BCUT2D eigenvalue weighted by Gasteiger charge is -2.27. The largest absolute Gasteiger partial charge is 0.378 e. The number of thioether (sulfide) groups is 1. The van der Waals surface area contributed by atoms with Crippen LogP contribution in [0.25, 0.3) is 0 Å². The molecule has 1 aliphatic rings. The van der Waals surface area contributed by atoms with Gasteiger partial charge in [0.15, 0.2) is 0 Å². The van der Waals surface area contributed by atoms with Crippen LogP contribution in [0.4, 0.5) is 0 Å². The lowest BCUT2D eigenvalue weighted by atomic mass is 10.2. The Balaban J connectivity index is 2.38. The summed E-state index contributed by atoms with van der Waals surface area (Å²) in [6.07, 6.45) is 1.86. The van der Waals surface area contributed by atoms with Gasteiger partial charge in [-0.25, -0.2) is 13.1 Å². The summed E-state index contributed by atoms with van der Waals surface area (Å²) >= 11 is 1.43. The van der Waals surface area contributed by atoms with Crippen molar-refractivity contribution in [2.45, 2.75) is 16.7 Å². The minimum Gasteiger partial charge on any atom is -0.378 e. The van der Waals surface area contributed by atoms with E-state index in [4.69, 9.17) is 4.74 Å². The highest BCUT2D eigenvalue weighted by Crippen LogP contribution is 2.25. The van der Waals surface area contributed by atoms with Crippen molar-refractivity contribution >= 4 is 27.7 Å². The zero-order valence-corrected chi connectivity index (χ0v) is 14.3. The Morgan fingerprint density at radius 2 is 2.05 bits per heavy atom. The molecule has 1 aromatic rings. The van der Waals surface area contributed by atoms with Crippen LogP contribution in [0.5, 0.6) is 0 Å². The number of hydrogen-bond donors (Lipinski definition) is 1. The molecule has 2 rings (SSSR count). The highest BCUT2D eigenvalue weighted by molar-refractivity contribution is 7.98. The molecule has 0 aliphatic carbocycles. The second kappa shape index (κ2) is 7.45. The Morgan fingerprint density at radius 1 is 1.36 bits per heavy atom. The zero-order chi connectivity index (χ0) is 16.2. The van der Waals surface area contributed by atoms with Crippen molar-refractivity contribution in [1.29, 1.82) is 0 Å². The first-order chi connectivity index (χ1) is 10.5. The third-order valence-electron chi connectivity index (χ3n) is 3.34. The molecule has 1 fully saturated rings. The van der Waals surface area contributed by atoms with Gasteiger partial charge in [0.2, 0.25) is 10.0 Å². The first-order valence-corrected chi connectivity index (χ1v) is 9.75. The Hall–Kier alpha value is -1.09. The van der Waals surface area contributed by atoms with Crippen LogP contribution >= 0.6 is 11.8 Å². The average Bonchev–Trinajstić information content (AvgIpc) is 2.54. The molecular formula is C14H20N2O4S2. The van der Waals surface area contributed by atoms with Crippen LogP contribution in [-0.2, 0) is 14.8 Å². The van der Waals surface area contributed by atoms with Gasteiger partial charge in [-0.15, -0.1) is 11.8 Å². The van der Waals surface area contributed by atoms with Gasteiger partial charge in [-0.05, 0) is 24.5 Å². The zero-order valence-electron chi connectivity index (χ0n) is 12.7. The van der Waals surface area contributed by atoms with E-state index in [2.05, 4.69) is 4.72 Å². The van der Waals surface area contributed by atoms with Gasteiger partial charge in [-0.1, -0.05) is 6.92 Å². The fourth-order valence-electron chi connectivity index (χ4n) is 2.23. The smallest absolute Gasteiger partial charge is 0.255 e. The Kier molecular flexibility index (Phi) is 5.85. The van der Waals surface area contributed by atoms with E-state index >= 15 is 0 Å². The van der Waals surface area contributed by atoms with Crippen LogP contribution in [0.1, 0.15) is 17.3 Å². The maximum atomic E-state index is 12.7. The second-order valence-electron chi connectivity index (χ2n) is 4.77. The molecule has 1 saturated heterocycles. The van der Waals surface area contributed by atoms with Crippen LogP contribution in [0.3, 0.4) is 0 Å². The lowest BCUT2D eigenvalue weighted by molar-refractivity contribution is 0.0300. The predicted molar refractivity (Wildman–Crippen MR) is 85.8 cm³/mol. The van der Waals surface area contributed by atoms with Crippen molar-refractivity contribution in [3.8, 4) is 0 Å². The van der Waals surface area contributed by atoms with Gasteiger partial charge in [-0.2, -0.15) is 0 Å². The van der Waals surface area contributed by atoms with Gasteiger partial charge >= 0.3 is 0 Å². The molecule has 0 spiro atoms. The summed E-state index contributed by atoms with van der Waals surface area (Å²) in [5.74, 6) is -0.152. The van der Waals surface area contributed by atoms with Crippen LogP contribution in [0.15, 0.2) is 28.0 Å². The van der Waals surface area contributed by atoms with Gasteiger partial charge in [0.05, 0.1) is 23.7 Å². The van der Waals surface area contributed by atoms with Gasteiger partial charge in [-0.3, -0.25) is 4.79 Å². The molecule has 0 unspecified atom stereocenters. The highest BCUT2D eigenvalue weighted by Gasteiger charge is 2.23. The number of benzene rings is 1. The Morgan fingerprint density at radius 3 is 2.64 bits per heavy atom. The second-order valence-corrected chi connectivity index (χ2v) is 7.38. The third-order valence-corrected chi connectivity index (χ3v) is 5.68. The van der Waals surface area contributed by atoms with Crippen molar-refractivity contribution in [2.24, 2.45) is 0 Å². The summed E-state index contributed by atoms with van der Waals surface area (Å²) in [5.41, 5.74) is 0.424. The van der Waals surface area contributed by atoms with Crippen molar-refractivity contribution in [2.75, 3.05) is 39.1 Å². The standard InChI is InChI=1S/C14H20N2O4S2/c1-3-15-22(18,19)11-4-5-13(21-2)12(10-11)14(17)16-6-8-20-9-7-16/h4-5,10,15H,3,6-9H2,1-2H3. The van der Waals surface area contributed by atoms with Crippen molar-refractivity contribution < 1.29 is 17.9 Å². The fraction of sp³-hybridized carbons (Fsp3) is 0.500. The molecule has 1 aromatic carbocycles. The number of rotatable bonds is 5. The summed E-state index contributed by atoms with van der Waals surface area (Å²) in [5, 5.41) is 0. The number of hydrogen-bond acceptors (Lipinski definition) is 5. The van der Waals surface area contributed by atoms with Crippen LogP contribution < -0.4 is 4.72 Å². The third kappa shape index (κ3) is 3.81.